The van der Waals surface area contributed by atoms with Crippen molar-refractivity contribution in [2.24, 2.45) is 5.92 Å². The lowest BCUT2D eigenvalue weighted by Crippen LogP contribution is -2.47. The Bertz CT molecular complexity index is 681. The predicted octanol–water partition coefficient (Wildman–Crippen LogP) is 2.41. The molecule has 1 aliphatic carbocycles. The summed E-state index contributed by atoms with van der Waals surface area (Å²) in [6, 6.07) is 1.99. The van der Waals surface area contributed by atoms with Gasteiger partial charge in [-0.2, -0.15) is 16.4 Å². The lowest BCUT2D eigenvalue weighted by molar-refractivity contribution is -0.0628. The Morgan fingerprint density at radius 2 is 2.38 bits per heavy atom. The minimum Gasteiger partial charge on any atom is -0.378 e. The SMILES string of the molecule is O=C(c1cn[nH]c1-c1ccsc1)N1CCO[C@@H](COCC2CC2)C1. The zero-order chi connectivity index (χ0) is 16.4. The van der Waals surface area contributed by atoms with E-state index in [4.69, 9.17) is 9.47 Å². The van der Waals surface area contributed by atoms with E-state index in [2.05, 4.69) is 10.2 Å². The lowest BCUT2D eigenvalue weighted by Gasteiger charge is -2.32. The van der Waals surface area contributed by atoms with Crippen LogP contribution in [0.5, 0.6) is 0 Å². The maximum absolute atomic E-state index is 12.9. The molecule has 1 saturated heterocycles. The molecule has 1 amide bonds. The van der Waals surface area contributed by atoms with Crippen molar-refractivity contribution in [3.8, 4) is 11.3 Å². The fourth-order valence-corrected chi connectivity index (χ4v) is 3.55. The molecule has 1 atom stereocenters. The summed E-state index contributed by atoms with van der Waals surface area (Å²) in [7, 11) is 0. The summed E-state index contributed by atoms with van der Waals surface area (Å²) in [4.78, 5) is 14.7. The van der Waals surface area contributed by atoms with E-state index in [1.807, 2.05) is 21.7 Å². The molecule has 6 nitrogen and oxygen atoms in total. The third-order valence-electron chi connectivity index (χ3n) is 4.46. The number of aromatic amines is 1. The molecule has 0 aromatic carbocycles. The number of aromatic nitrogens is 2. The van der Waals surface area contributed by atoms with Crippen molar-refractivity contribution in [1.82, 2.24) is 15.1 Å². The van der Waals surface area contributed by atoms with Crippen LogP contribution in [-0.2, 0) is 9.47 Å². The molecule has 4 rings (SSSR count). The van der Waals surface area contributed by atoms with Crippen molar-refractivity contribution in [1.29, 1.82) is 0 Å². The van der Waals surface area contributed by atoms with Crippen LogP contribution in [0.15, 0.2) is 23.0 Å². The van der Waals surface area contributed by atoms with Gasteiger partial charge in [-0.05, 0) is 30.2 Å². The molecule has 0 spiro atoms. The summed E-state index contributed by atoms with van der Waals surface area (Å²) in [5.74, 6) is 0.742. The van der Waals surface area contributed by atoms with Crippen LogP contribution in [0.1, 0.15) is 23.2 Å². The average molecular weight is 347 g/mol. The first-order valence-corrected chi connectivity index (χ1v) is 9.30. The molecule has 2 aromatic rings. The van der Waals surface area contributed by atoms with Crippen LogP contribution >= 0.6 is 11.3 Å². The first-order valence-electron chi connectivity index (χ1n) is 8.36. The molecule has 2 aliphatic rings. The van der Waals surface area contributed by atoms with Crippen molar-refractivity contribution < 1.29 is 14.3 Å². The highest BCUT2D eigenvalue weighted by Gasteiger charge is 2.28. The van der Waals surface area contributed by atoms with Crippen molar-refractivity contribution in [2.75, 3.05) is 32.9 Å². The summed E-state index contributed by atoms with van der Waals surface area (Å²) < 4.78 is 11.5. The number of ether oxygens (including phenoxy) is 2. The van der Waals surface area contributed by atoms with E-state index in [1.54, 1.807) is 17.5 Å². The van der Waals surface area contributed by atoms with E-state index in [0.717, 1.165) is 23.8 Å². The Morgan fingerprint density at radius 1 is 1.46 bits per heavy atom. The fourth-order valence-electron chi connectivity index (χ4n) is 2.90. The summed E-state index contributed by atoms with van der Waals surface area (Å²) in [6.45, 7) is 3.10. The Hall–Kier alpha value is -1.70. The van der Waals surface area contributed by atoms with Crippen LogP contribution in [0.3, 0.4) is 0 Å². The molecule has 128 valence electrons. The van der Waals surface area contributed by atoms with Gasteiger partial charge in [0.05, 0.1) is 36.8 Å². The van der Waals surface area contributed by atoms with Crippen LogP contribution < -0.4 is 0 Å². The van der Waals surface area contributed by atoms with Gasteiger partial charge in [-0.3, -0.25) is 9.89 Å². The smallest absolute Gasteiger partial charge is 0.257 e. The number of hydrogen-bond acceptors (Lipinski definition) is 5. The van der Waals surface area contributed by atoms with Gasteiger partial charge in [0, 0.05) is 30.6 Å². The molecular formula is C17H21N3O3S. The van der Waals surface area contributed by atoms with Gasteiger partial charge in [-0.15, -0.1) is 0 Å². The Morgan fingerprint density at radius 3 is 3.17 bits per heavy atom. The molecule has 0 radical (unpaired) electrons. The Labute approximate surface area is 144 Å². The maximum Gasteiger partial charge on any atom is 0.257 e. The van der Waals surface area contributed by atoms with E-state index < -0.39 is 0 Å². The number of nitrogens with zero attached hydrogens (tertiary/aromatic N) is 2. The minimum atomic E-state index is -0.0436. The topological polar surface area (TPSA) is 67.5 Å². The Balaban J connectivity index is 1.39. The molecule has 2 aromatic heterocycles. The molecule has 0 unspecified atom stereocenters. The summed E-state index contributed by atoms with van der Waals surface area (Å²) in [6.07, 6.45) is 4.13. The van der Waals surface area contributed by atoms with E-state index in [9.17, 15) is 4.79 Å². The number of thiophene rings is 1. The molecule has 0 bridgehead atoms. The monoisotopic (exact) mass is 347 g/mol. The molecular weight excluding hydrogens is 326 g/mol. The van der Waals surface area contributed by atoms with Crippen molar-refractivity contribution in [2.45, 2.75) is 18.9 Å². The van der Waals surface area contributed by atoms with Crippen LogP contribution in [-0.4, -0.2) is 60.0 Å². The van der Waals surface area contributed by atoms with Crippen molar-refractivity contribution in [3.63, 3.8) is 0 Å². The quantitative estimate of drug-likeness (QED) is 0.871. The highest BCUT2D eigenvalue weighted by atomic mass is 32.1. The summed E-state index contributed by atoms with van der Waals surface area (Å²) in [5, 5.41) is 11.0. The summed E-state index contributed by atoms with van der Waals surface area (Å²) in [5.41, 5.74) is 2.40. The van der Waals surface area contributed by atoms with Gasteiger partial charge in [0.2, 0.25) is 0 Å². The highest BCUT2D eigenvalue weighted by molar-refractivity contribution is 7.08. The standard InChI is InChI=1S/C17H21N3O3S/c21-17(15-7-18-19-16(15)13-3-6-24-11-13)20-4-5-23-14(8-20)10-22-9-12-1-2-12/h3,6-7,11-12,14H,1-2,4-5,8-10H2,(H,18,19)/t14-/m1/s1. The third kappa shape index (κ3) is 3.53. The van der Waals surface area contributed by atoms with Gasteiger partial charge in [0.15, 0.2) is 0 Å². The minimum absolute atomic E-state index is 0.000410. The van der Waals surface area contributed by atoms with Crippen LogP contribution in [0, 0.1) is 5.92 Å². The van der Waals surface area contributed by atoms with Crippen LogP contribution in [0.2, 0.25) is 0 Å². The van der Waals surface area contributed by atoms with Crippen molar-refractivity contribution >= 4 is 17.2 Å². The van der Waals surface area contributed by atoms with Gasteiger partial charge >= 0.3 is 0 Å². The number of morpholine rings is 1. The molecule has 24 heavy (non-hydrogen) atoms. The second-order valence-electron chi connectivity index (χ2n) is 6.40. The number of H-pyrrole nitrogens is 1. The Kier molecular flexibility index (Phi) is 4.64. The van der Waals surface area contributed by atoms with Crippen molar-refractivity contribution in [3.05, 3.63) is 28.6 Å². The largest absolute Gasteiger partial charge is 0.378 e. The van der Waals surface area contributed by atoms with Gasteiger partial charge in [0.1, 0.15) is 0 Å². The number of amides is 1. The maximum atomic E-state index is 12.9. The number of hydrogen-bond donors (Lipinski definition) is 1. The average Bonchev–Trinajstić information content (AvgIpc) is 3.09. The van der Waals surface area contributed by atoms with Crippen LogP contribution in [0.25, 0.3) is 11.3 Å². The molecule has 1 N–H and O–H groups in total. The number of nitrogens with one attached hydrogen (secondary N) is 1. The van der Waals surface area contributed by atoms with E-state index >= 15 is 0 Å². The number of rotatable bonds is 6. The zero-order valence-corrected chi connectivity index (χ0v) is 14.3. The summed E-state index contributed by atoms with van der Waals surface area (Å²) >= 11 is 1.60. The molecule has 1 saturated carbocycles. The number of carbonyl (C=O) groups is 1. The second kappa shape index (κ2) is 7.04. The molecule has 7 heteroatoms. The number of carbonyl (C=O) groups excluding carboxylic acids is 1. The third-order valence-corrected chi connectivity index (χ3v) is 5.14. The first-order chi connectivity index (χ1) is 11.8. The van der Waals surface area contributed by atoms with Gasteiger partial charge in [0.25, 0.3) is 5.91 Å². The highest BCUT2D eigenvalue weighted by Crippen LogP contribution is 2.29. The molecule has 1 aliphatic heterocycles. The van der Waals surface area contributed by atoms with Gasteiger partial charge in [-0.1, -0.05) is 0 Å². The fraction of sp³-hybridized carbons (Fsp3) is 0.529. The van der Waals surface area contributed by atoms with E-state index in [1.165, 1.54) is 12.8 Å². The second-order valence-corrected chi connectivity index (χ2v) is 7.18. The zero-order valence-electron chi connectivity index (χ0n) is 13.4. The van der Waals surface area contributed by atoms with E-state index in [-0.39, 0.29) is 12.0 Å². The predicted molar refractivity (Wildman–Crippen MR) is 91.1 cm³/mol. The molecule has 2 fully saturated rings. The van der Waals surface area contributed by atoms with Gasteiger partial charge in [-0.25, -0.2) is 0 Å². The van der Waals surface area contributed by atoms with Gasteiger partial charge < -0.3 is 14.4 Å². The lowest BCUT2D eigenvalue weighted by atomic mass is 10.1. The van der Waals surface area contributed by atoms with Crippen LogP contribution in [0.4, 0.5) is 0 Å². The first kappa shape index (κ1) is 15.8. The molecule has 3 heterocycles. The normalized spacial score (nSPS) is 21.2. The van der Waals surface area contributed by atoms with E-state index in [0.29, 0.717) is 31.9 Å².